The molecule has 0 spiro atoms. The van der Waals surface area contributed by atoms with Crippen molar-refractivity contribution in [1.29, 1.82) is 0 Å². The van der Waals surface area contributed by atoms with Gasteiger partial charge in [0.25, 0.3) is 0 Å². The fourth-order valence-corrected chi connectivity index (χ4v) is 1.60. The molecular weight excluding hydrogens is 238 g/mol. The highest BCUT2D eigenvalue weighted by Crippen LogP contribution is 2.21. The molecular formula is C14H27N5. The van der Waals surface area contributed by atoms with Gasteiger partial charge in [-0.2, -0.15) is 0 Å². The first-order chi connectivity index (χ1) is 8.88. The van der Waals surface area contributed by atoms with Gasteiger partial charge in [0.1, 0.15) is 17.5 Å². The quantitative estimate of drug-likeness (QED) is 0.789. The number of rotatable bonds is 7. The van der Waals surface area contributed by atoms with Gasteiger partial charge < -0.3 is 16.0 Å². The number of hydrogen-bond donors (Lipinski definition) is 2. The molecule has 108 valence electrons. The third-order valence-corrected chi connectivity index (χ3v) is 3.39. The van der Waals surface area contributed by atoms with Gasteiger partial charge in [-0.05, 0) is 18.8 Å². The summed E-state index contributed by atoms with van der Waals surface area (Å²) >= 11 is 0. The van der Waals surface area contributed by atoms with Crippen LogP contribution >= 0.6 is 0 Å². The third-order valence-electron chi connectivity index (χ3n) is 3.39. The lowest BCUT2D eigenvalue weighted by Gasteiger charge is -2.24. The molecule has 0 radical (unpaired) electrons. The van der Waals surface area contributed by atoms with Crippen LogP contribution < -0.4 is 16.0 Å². The van der Waals surface area contributed by atoms with Crippen LogP contribution in [0.5, 0.6) is 0 Å². The number of aromatic nitrogens is 2. The Hall–Kier alpha value is -1.36. The van der Waals surface area contributed by atoms with Crippen molar-refractivity contribution in [3.63, 3.8) is 0 Å². The number of anilines is 2. The Morgan fingerprint density at radius 1 is 1.37 bits per heavy atom. The summed E-state index contributed by atoms with van der Waals surface area (Å²) in [6, 6.07) is 1.98. The van der Waals surface area contributed by atoms with E-state index in [2.05, 4.69) is 36.1 Å². The third kappa shape index (κ3) is 5.03. The molecule has 0 aliphatic heterocycles. The highest BCUT2D eigenvalue weighted by Gasteiger charge is 2.15. The molecule has 5 heteroatoms. The first-order valence-electron chi connectivity index (χ1n) is 6.88. The van der Waals surface area contributed by atoms with Crippen LogP contribution in [0.2, 0.25) is 0 Å². The molecule has 19 heavy (non-hydrogen) atoms. The summed E-state index contributed by atoms with van der Waals surface area (Å²) < 4.78 is 0. The van der Waals surface area contributed by atoms with Crippen molar-refractivity contribution in [2.45, 2.75) is 34.1 Å². The molecule has 0 bridgehead atoms. The largest absolute Gasteiger partial charge is 0.369 e. The topological polar surface area (TPSA) is 67.1 Å². The maximum atomic E-state index is 5.58. The molecule has 0 saturated carbocycles. The monoisotopic (exact) mass is 265 g/mol. The van der Waals surface area contributed by atoms with Crippen LogP contribution in [0.3, 0.4) is 0 Å². The first-order valence-corrected chi connectivity index (χ1v) is 6.88. The van der Waals surface area contributed by atoms with Crippen molar-refractivity contribution in [2.24, 2.45) is 11.1 Å². The highest BCUT2D eigenvalue weighted by atomic mass is 15.2. The second-order valence-corrected chi connectivity index (χ2v) is 5.74. The van der Waals surface area contributed by atoms with E-state index in [0.717, 1.165) is 37.0 Å². The van der Waals surface area contributed by atoms with E-state index in [-0.39, 0.29) is 5.41 Å². The molecule has 3 N–H and O–H groups in total. The van der Waals surface area contributed by atoms with Crippen LogP contribution in [0, 0.1) is 12.3 Å². The summed E-state index contributed by atoms with van der Waals surface area (Å²) in [5.74, 6) is 2.57. The second kappa shape index (κ2) is 6.70. The molecule has 0 aliphatic carbocycles. The number of aryl methyl sites for hydroxylation is 1. The lowest BCUT2D eigenvalue weighted by Crippen LogP contribution is -2.27. The van der Waals surface area contributed by atoms with Crippen molar-refractivity contribution in [3.05, 3.63) is 11.9 Å². The molecule has 1 aromatic rings. The molecule has 0 aromatic carbocycles. The van der Waals surface area contributed by atoms with E-state index in [4.69, 9.17) is 5.73 Å². The summed E-state index contributed by atoms with van der Waals surface area (Å²) in [7, 11) is 1.99. The van der Waals surface area contributed by atoms with Gasteiger partial charge in [-0.3, -0.25) is 0 Å². The van der Waals surface area contributed by atoms with Crippen LogP contribution in [0.15, 0.2) is 6.07 Å². The number of nitrogens with one attached hydrogen (secondary N) is 1. The normalized spacial score (nSPS) is 11.5. The van der Waals surface area contributed by atoms with E-state index >= 15 is 0 Å². The average molecular weight is 265 g/mol. The van der Waals surface area contributed by atoms with Crippen LogP contribution in [-0.4, -0.2) is 36.6 Å². The molecule has 0 atom stereocenters. The molecule has 0 saturated heterocycles. The zero-order valence-electron chi connectivity index (χ0n) is 12.8. The van der Waals surface area contributed by atoms with Crippen molar-refractivity contribution in [2.75, 3.05) is 36.9 Å². The van der Waals surface area contributed by atoms with E-state index in [9.17, 15) is 0 Å². The minimum atomic E-state index is 0.266. The predicted molar refractivity (Wildman–Crippen MR) is 81.7 cm³/mol. The number of hydrogen-bond acceptors (Lipinski definition) is 5. The number of nitrogens with two attached hydrogens (primary N) is 1. The summed E-state index contributed by atoms with van der Waals surface area (Å²) in [5.41, 5.74) is 5.84. The molecule has 1 heterocycles. The summed E-state index contributed by atoms with van der Waals surface area (Å²) in [6.45, 7) is 10.9. The first kappa shape index (κ1) is 15.7. The zero-order valence-corrected chi connectivity index (χ0v) is 12.8. The van der Waals surface area contributed by atoms with Gasteiger partial charge in [-0.25, -0.2) is 9.97 Å². The Labute approximate surface area is 116 Å². The molecule has 0 fully saturated rings. The van der Waals surface area contributed by atoms with Gasteiger partial charge in [0, 0.05) is 32.7 Å². The molecule has 1 rings (SSSR count). The van der Waals surface area contributed by atoms with Crippen molar-refractivity contribution >= 4 is 11.6 Å². The van der Waals surface area contributed by atoms with Crippen LogP contribution in [0.25, 0.3) is 0 Å². The zero-order chi connectivity index (χ0) is 14.5. The van der Waals surface area contributed by atoms with Crippen LogP contribution in [0.1, 0.15) is 33.0 Å². The number of nitrogens with zero attached hydrogens (tertiary/aromatic N) is 3. The van der Waals surface area contributed by atoms with Crippen molar-refractivity contribution in [1.82, 2.24) is 9.97 Å². The SMILES string of the molecule is CCC(C)(C)CNc1cc(N(C)CCN)nc(C)n1. The standard InChI is InChI=1S/C14H27N5/c1-6-14(3,4)10-16-12-9-13(18-11(2)17-12)19(5)8-7-15/h9H,6-8,10,15H2,1-5H3,(H,16,17,18). The maximum absolute atomic E-state index is 5.58. The lowest BCUT2D eigenvalue weighted by atomic mass is 9.90. The smallest absolute Gasteiger partial charge is 0.134 e. The molecule has 5 nitrogen and oxygen atoms in total. The average Bonchev–Trinajstić information content (AvgIpc) is 2.36. The number of likely N-dealkylation sites (N-methyl/N-ethyl adjacent to an activating group) is 1. The predicted octanol–water partition coefficient (Wildman–Crippen LogP) is 2.03. The maximum Gasteiger partial charge on any atom is 0.134 e. The van der Waals surface area contributed by atoms with Crippen molar-refractivity contribution in [3.8, 4) is 0 Å². The van der Waals surface area contributed by atoms with Gasteiger partial charge >= 0.3 is 0 Å². The summed E-state index contributed by atoms with van der Waals surface area (Å²) in [4.78, 5) is 10.9. The fourth-order valence-electron chi connectivity index (χ4n) is 1.60. The van der Waals surface area contributed by atoms with E-state index in [1.165, 1.54) is 0 Å². The van der Waals surface area contributed by atoms with Crippen LogP contribution in [0.4, 0.5) is 11.6 Å². The van der Waals surface area contributed by atoms with Gasteiger partial charge in [0.05, 0.1) is 0 Å². The Morgan fingerprint density at radius 3 is 2.63 bits per heavy atom. The van der Waals surface area contributed by atoms with Crippen molar-refractivity contribution < 1.29 is 0 Å². The Morgan fingerprint density at radius 2 is 2.05 bits per heavy atom. The fraction of sp³-hybridized carbons (Fsp3) is 0.714. The van der Waals surface area contributed by atoms with Gasteiger partial charge in [0.15, 0.2) is 0 Å². The van der Waals surface area contributed by atoms with Gasteiger partial charge in [-0.15, -0.1) is 0 Å². The lowest BCUT2D eigenvalue weighted by molar-refractivity contribution is 0.376. The Balaban J connectivity index is 2.79. The molecule has 0 aliphatic rings. The molecule has 1 aromatic heterocycles. The van der Waals surface area contributed by atoms with E-state index in [1.807, 2.05) is 24.9 Å². The van der Waals surface area contributed by atoms with E-state index in [1.54, 1.807) is 0 Å². The van der Waals surface area contributed by atoms with Gasteiger partial charge in [0.2, 0.25) is 0 Å². The second-order valence-electron chi connectivity index (χ2n) is 5.74. The summed E-state index contributed by atoms with van der Waals surface area (Å²) in [6.07, 6.45) is 1.13. The highest BCUT2D eigenvalue weighted by molar-refractivity contribution is 5.49. The summed E-state index contributed by atoms with van der Waals surface area (Å²) in [5, 5.41) is 3.41. The minimum Gasteiger partial charge on any atom is -0.369 e. The van der Waals surface area contributed by atoms with Crippen LogP contribution in [-0.2, 0) is 0 Å². The Kier molecular flexibility index (Phi) is 5.54. The molecule has 0 unspecified atom stereocenters. The van der Waals surface area contributed by atoms with Gasteiger partial charge in [-0.1, -0.05) is 20.8 Å². The van der Waals surface area contributed by atoms with E-state index in [0.29, 0.717) is 6.54 Å². The van der Waals surface area contributed by atoms with E-state index < -0.39 is 0 Å². The molecule has 0 amide bonds. The Bertz CT molecular complexity index is 403. The minimum absolute atomic E-state index is 0.266.